The summed E-state index contributed by atoms with van der Waals surface area (Å²) in [4.78, 5) is 32.4. The molecule has 0 N–H and O–H groups in total. The molecule has 3 heterocycles. The summed E-state index contributed by atoms with van der Waals surface area (Å²) in [5, 5.41) is -0.131. The van der Waals surface area contributed by atoms with Gasteiger partial charge < -0.3 is 9.16 Å². The summed E-state index contributed by atoms with van der Waals surface area (Å²) in [5.41, 5.74) is 1.09. The van der Waals surface area contributed by atoms with Gasteiger partial charge in [-0.15, -0.1) is 0 Å². The van der Waals surface area contributed by atoms with Crippen LogP contribution in [0.2, 0.25) is 18.1 Å². The first-order valence-corrected chi connectivity index (χ1v) is 13.9. The Kier molecular flexibility index (Phi) is 6.32. The number of aromatic nitrogens is 1. The van der Waals surface area contributed by atoms with E-state index < -0.39 is 14.3 Å². The second kappa shape index (κ2) is 8.32. The summed E-state index contributed by atoms with van der Waals surface area (Å²) >= 11 is 1.51. The summed E-state index contributed by atoms with van der Waals surface area (Å²) in [5.74, 6) is -0.919. The Balaban J connectivity index is 1.87. The zero-order valence-electron chi connectivity index (χ0n) is 18.5. The van der Waals surface area contributed by atoms with Crippen molar-refractivity contribution in [3.8, 4) is 0 Å². The molecule has 0 aliphatic carbocycles. The number of carbonyl (C=O) groups is 2. The van der Waals surface area contributed by atoms with Crippen molar-refractivity contribution in [3.63, 3.8) is 0 Å². The molecule has 30 heavy (non-hydrogen) atoms. The van der Waals surface area contributed by atoms with Gasteiger partial charge in [0, 0.05) is 22.9 Å². The van der Waals surface area contributed by atoms with Crippen LogP contribution in [0, 0.1) is 5.92 Å². The van der Waals surface area contributed by atoms with Crippen LogP contribution in [0.4, 0.5) is 0 Å². The molecule has 1 amide bonds. The lowest BCUT2D eigenvalue weighted by Crippen LogP contribution is -2.62. The van der Waals surface area contributed by atoms with E-state index in [9.17, 15) is 9.59 Å². The molecule has 1 saturated heterocycles. The Bertz CT molecular complexity index is 879. The zero-order chi connectivity index (χ0) is 22.3. The monoisotopic (exact) mass is 446 g/mol. The lowest BCUT2D eigenvalue weighted by molar-refractivity contribution is -0.157. The van der Waals surface area contributed by atoms with Crippen LogP contribution in [0.1, 0.15) is 33.3 Å². The van der Waals surface area contributed by atoms with Gasteiger partial charge in [-0.1, -0.05) is 51.3 Å². The topological polar surface area (TPSA) is 68.7 Å². The van der Waals surface area contributed by atoms with Gasteiger partial charge in [-0.05, 0) is 31.1 Å². The summed E-state index contributed by atoms with van der Waals surface area (Å²) in [6.07, 6.45) is 4.66. The van der Waals surface area contributed by atoms with Gasteiger partial charge >= 0.3 is 5.97 Å². The Hall–Kier alpha value is -1.90. The van der Waals surface area contributed by atoms with Crippen LogP contribution in [0.25, 0.3) is 4.91 Å². The molecule has 0 aromatic carbocycles. The molecular weight excluding hydrogens is 416 g/mol. The normalized spacial score (nSPS) is 22.5. The van der Waals surface area contributed by atoms with Gasteiger partial charge in [-0.25, -0.2) is 4.79 Å². The Labute approximate surface area is 183 Å². The number of pyridine rings is 1. The van der Waals surface area contributed by atoms with Crippen LogP contribution in [0.5, 0.6) is 0 Å². The van der Waals surface area contributed by atoms with Crippen LogP contribution in [0.3, 0.4) is 0 Å². The molecule has 0 spiro atoms. The molecule has 8 heteroatoms. The van der Waals surface area contributed by atoms with Gasteiger partial charge in [0.1, 0.15) is 17.7 Å². The maximum Gasteiger partial charge on any atom is 0.356 e. The van der Waals surface area contributed by atoms with E-state index in [4.69, 9.17) is 9.16 Å². The standard InChI is InChI=1S/C22H30N2O4SSi/c1-8-12-27-21(26)17-18(15-10-9-11-23-13-15)29-20-16(19(25)24(17)20)14(2)28-30(6,7)22(3,4)5/h8-11,13-14,16,20H,1,12H2,2-7H3/t14-,16+,20-/m1/s1. The number of amides is 1. The molecule has 6 nitrogen and oxygen atoms in total. The van der Waals surface area contributed by atoms with E-state index in [0.717, 1.165) is 10.5 Å². The molecular formula is C22H30N2O4SSi. The number of nitrogens with zero attached hydrogens (tertiary/aromatic N) is 2. The minimum Gasteiger partial charge on any atom is -0.457 e. The van der Waals surface area contributed by atoms with Crippen molar-refractivity contribution in [2.24, 2.45) is 5.92 Å². The van der Waals surface area contributed by atoms with E-state index in [-0.39, 0.29) is 34.9 Å². The van der Waals surface area contributed by atoms with Crippen molar-refractivity contribution in [2.75, 3.05) is 6.61 Å². The van der Waals surface area contributed by atoms with Crippen LogP contribution < -0.4 is 0 Å². The highest BCUT2D eigenvalue weighted by atomic mass is 32.2. The van der Waals surface area contributed by atoms with Gasteiger partial charge in [0.05, 0.1) is 12.0 Å². The number of esters is 1. The van der Waals surface area contributed by atoms with Crippen LogP contribution >= 0.6 is 11.8 Å². The Morgan fingerprint density at radius 3 is 2.70 bits per heavy atom. The van der Waals surface area contributed by atoms with E-state index in [0.29, 0.717) is 5.70 Å². The van der Waals surface area contributed by atoms with E-state index in [1.54, 1.807) is 17.3 Å². The molecule has 1 fully saturated rings. The van der Waals surface area contributed by atoms with E-state index >= 15 is 0 Å². The van der Waals surface area contributed by atoms with Gasteiger partial charge in [0.15, 0.2) is 8.32 Å². The third kappa shape index (κ3) is 4.00. The largest absolute Gasteiger partial charge is 0.457 e. The third-order valence-electron chi connectivity index (χ3n) is 6.02. The number of β-lactam (4-membered cyclic amide) rings is 1. The third-order valence-corrected chi connectivity index (χ3v) is 12.0. The summed E-state index contributed by atoms with van der Waals surface area (Å²) in [6.45, 7) is 16.6. The molecule has 162 valence electrons. The number of thioether (sulfide) groups is 1. The number of carbonyl (C=O) groups excluding carboxylic acids is 2. The van der Waals surface area contributed by atoms with Gasteiger partial charge in [0.25, 0.3) is 0 Å². The molecule has 3 rings (SSSR count). The van der Waals surface area contributed by atoms with Crippen molar-refractivity contribution in [2.45, 2.75) is 57.3 Å². The lowest BCUT2D eigenvalue weighted by atomic mass is 9.92. The quantitative estimate of drug-likeness (QED) is 0.267. The van der Waals surface area contributed by atoms with E-state index in [1.165, 1.54) is 17.8 Å². The zero-order valence-corrected chi connectivity index (χ0v) is 20.3. The fourth-order valence-corrected chi connectivity index (χ4v) is 6.40. The number of hydrogen-bond acceptors (Lipinski definition) is 6. The van der Waals surface area contributed by atoms with Crippen LogP contribution in [0.15, 0.2) is 42.9 Å². The summed E-state index contributed by atoms with van der Waals surface area (Å²) in [7, 11) is -2.03. The molecule has 0 unspecified atom stereocenters. The maximum atomic E-state index is 13.2. The van der Waals surface area contributed by atoms with Crippen molar-refractivity contribution in [1.82, 2.24) is 9.88 Å². The average Bonchev–Trinajstić information content (AvgIpc) is 3.00. The van der Waals surface area contributed by atoms with Gasteiger partial charge in [-0.2, -0.15) is 0 Å². The molecule has 3 atom stereocenters. The van der Waals surface area contributed by atoms with Crippen molar-refractivity contribution < 1.29 is 18.8 Å². The fourth-order valence-electron chi connectivity index (χ4n) is 3.38. The molecule has 1 aromatic heterocycles. The second-order valence-corrected chi connectivity index (χ2v) is 15.0. The number of hydrogen-bond donors (Lipinski definition) is 0. The number of fused-ring (bicyclic) bond motifs is 1. The van der Waals surface area contributed by atoms with Crippen molar-refractivity contribution in [3.05, 3.63) is 48.4 Å². The smallest absolute Gasteiger partial charge is 0.356 e. The minimum absolute atomic E-state index is 0.0509. The molecule has 1 aromatic rings. The highest BCUT2D eigenvalue weighted by molar-refractivity contribution is 8.09. The molecule has 2 aliphatic rings. The molecule has 0 bridgehead atoms. The average molecular weight is 447 g/mol. The summed E-state index contributed by atoms with van der Waals surface area (Å²) in [6, 6.07) is 3.70. The second-order valence-electron chi connectivity index (χ2n) is 9.13. The minimum atomic E-state index is -2.03. The number of ether oxygens (including phenoxy) is 1. The Morgan fingerprint density at radius 2 is 2.13 bits per heavy atom. The van der Waals surface area contributed by atoms with Crippen LogP contribution in [-0.2, 0) is 18.8 Å². The predicted molar refractivity (Wildman–Crippen MR) is 122 cm³/mol. The predicted octanol–water partition coefficient (Wildman–Crippen LogP) is 4.42. The highest BCUT2D eigenvalue weighted by Crippen LogP contribution is 2.54. The maximum absolute atomic E-state index is 13.2. The van der Waals surface area contributed by atoms with Gasteiger partial charge in [-0.3, -0.25) is 14.7 Å². The SMILES string of the molecule is C=CCOC(=O)C1=C(c2cccnc2)S[C@@H]2[C@@H]([C@@H](C)O[Si](C)(C)C(C)(C)C)C(=O)N12. The molecule has 0 saturated carbocycles. The fraction of sp³-hybridized carbons (Fsp3) is 0.500. The first kappa shape index (κ1) is 22.8. The van der Waals surface area contributed by atoms with Crippen molar-refractivity contribution >= 4 is 36.9 Å². The first-order valence-electron chi connectivity index (χ1n) is 10.1. The first-order chi connectivity index (χ1) is 14.0. The molecule has 2 aliphatic heterocycles. The molecule has 0 radical (unpaired) electrons. The highest BCUT2D eigenvalue weighted by Gasteiger charge is 2.59. The van der Waals surface area contributed by atoms with Crippen molar-refractivity contribution in [1.29, 1.82) is 0 Å². The lowest BCUT2D eigenvalue weighted by Gasteiger charge is -2.48. The van der Waals surface area contributed by atoms with Crippen LogP contribution in [-0.4, -0.2) is 48.2 Å². The number of rotatable bonds is 7. The Morgan fingerprint density at radius 1 is 1.43 bits per heavy atom. The van der Waals surface area contributed by atoms with E-state index in [1.807, 2.05) is 19.1 Å². The van der Waals surface area contributed by atoms with Gasteiger partial charge in [0.2, 0.25) is 5.91 Å². The summed E-state index contributed by atoms with van der Waals surface area (Å²) < 4.78 is 11.8. The van der Waals surface area contributed by atoms with E-state index in [2.05, 4.69) is 45.4 Å².